The van der Waals surface area contributed by atoms with Crippen LogP contribution in [-0.2, 0) is 16.1 Å². The first-order valence-corrected chi connectivity index (χ1v) is 14.2. The monoisotopic (exact) mass is 543 g/mol. The third kappa shape index (κ3) is 6.70. The van der Waals surface area contributed by atoms with Crippen molar-refractivity contribution in [1.29, 1.82) is 0 Å². The van der Waals surface area contributed by atoms with Gasteiger partial charge in [-0.15, -0.1) is 0 Å². The molecular weight excluding hydrogens is 506 g/mol. The van der Waals surface area contributed by atoms with Crippen LogP contribution in [-0.4, -0.2) is 97.9 Å². The van der Waals surface area contributed by atoms with E-state index in [0.717, 1.165) is 88.1 Å². The Morgan fingerprint density at radius 2 is 1.60 bits per heavy atom. The van der Waals surface area contributed by atoms with Crippen LogP contribution in [0.2, 0.25) is 0 Å². The van der Waals surface area contributed by atoms with Crippen molar-refractivity contribution in [3.05, 3.63) is 60.3 Å². The second-order valence-electron chi connectivity index (χ2n) is 10.5. The van der Waals surface area contributed by atoms with Crippen LogP contribution in [0.15, 0.2) is 54.7 Å². The van der Waals surface area contributed by atoms with Crippen molar-refractivity contribution in [3.8, 4) is 17.0 Å². The van der Waals surface area contributed by atoms with Crippen molar-refractivity contribution in [2.24, 2.45) is 0 Å². The Bertz CT molecular complexity index is 1290. The van der Waals surface area contributed by atoms with Gasteiger partial charge in [0.05, 0.1) is 32.1 Å². The molecule has 0 atom stereocenters. The molecule has 6 aliphatic rings. The van der Waals surface area contributed by atoms with Crippen molar-refractivity contribution in [1.82, 2.24) is 25.1 Å². The molecule has 2 saturated heterocycles. The van der Waals surface area contributed by atoms with E-state index in [1.54, 1.807) is 6.20 Å². The number of nitrogens with one attached hydrogen (secondary N) is 2. The fourth-order valence-electron chi connectivity index (χ4n) is 5.43. The summed E-state index contributed by atoms with van der Waals surface area (Å²) in [6.07, 6.45) is 2.54. The van der Waals surface area contributed by atoms with Crippen molar-refractivity contribution >= 4 is 23.2 Å². The Labute approximate surface area is 235 Å². The van der Waals surface area contributed by atoms with Crippen LogP contribution in [0.5, 0.6) is 5.75 Å². The first-order valence-electron chi connectivity index (χ1n) is 14.2. The highest BCUT2D eigenvalue weighted by molar-refractivity contribution is 5.78. The second kappa shape index (κ2) is 12.6. The molecule has 0 saturated carbocycles. The maximum absolute atomic E-state index is 12.5. The molecule has 0 unspecified atom stereocenters. The molecule has 3 aromatic rings. The lowest BCUT2D eigenvalue weighted by molar-refractivity contribution is -0.122. The highest BCUT2D eigenvalue weighted by Gasteiger charge is 2.22. The predicted molar refractivity (Wildman–Crippen MR) is 155 cm³/mol. The largest absolute Gasteiger partial charge is 0.494 e. The number of piperazine rings is 1. The SMILES string of the molecule is O=C1CN2CCN(CC2)Cc2cc(ccc2N2CCOCC2)Nc2nccc(n2)-c2ccc(cc2)OCCCN1. The van der Waals surface area contributed by atoms with Gasteiger partial charge in [0.1, 0.15) is 5.75 Å². The van der Waals surface area contributed by atoms with Crippen LogP contribution in [0.3, 0.4) is 0 Å². The van der Waals surface area contributed by atoms with E-state index >= 15 is 0 Å². The molecule has 1 aromatic heterocycles. The Morgan fingerprint density at radius 3 is 2.40 bits per heavy atom. The van der Waals surface area contributed by atoms with Gasteiger partial charge in [-0.25, -0.2) is 9.97 Å². The topological polar surface area (TPSA) is 95.1 Å². The number of rotatable bonds is 1. The van der Waals surface area contributed by atoms with E-state index in [-0.39, 0.29) is 5.91 Å². The first-order chi connectivity index (χ1) is 19.7. The summed E-state index contributed by atoms with van der Waals surface area (Å²) in [4.78, 5) is 28.9. The third-order valence-corrected chi connectivity index (χ3v) is 7.63. The molecule has 6 aliphatic heterocycles. The summed E-state index contributed by atoms with van der Waals surface area (Å²) in [6, 6.07) is 16.4. The quantitative estimate of drug-likeness (QED) is 0.480. The molecule has 2 fully saturated rings. The molecule has 10 nitrogen and oxygen atoms in total. The summed E-state index contributed by atoms with van der Waals surface area (Å²) in [7, 11) is 0. The summed E-state index contributed by atoms with van der Waals surface area (Å²) in [5.41, 5.74) is 5.31. The normalized spacial score (nSPS) is 22.2. The van der Waals surface area contributed by atoms with E-state index in [2.05, 4.69) is 48.5 Å². The number of benzene rings is 2. The van der Waals surface area contributed by atoms with Crippen molar-refractivity contribution in [2.75, 3.05) is 82.4 Å². The minimum Gasteiger partial charge on any atom is -0.494 e. The molecule has 0 aliphatic carbocycles. The highest BCUT2D eigenvalue weighted by Crippen LogP contribution is 2.29. The van der Waals surface area contributed by atoms with Gasteiger partial charge in [0, 0.05) is 75.5 Å². The molecule has 2 aromatic carbocycles. The second-order valence-corrected chi connectivity index (χ2v) is 10.5. The van der Waals surface area contributed by atoms with E-state index in [9.17, 15) is 4.79 Å². The molecule has 210 valence electrons. The van der Waals surface area contributed by atoms with Gasteiger partial charge in [-0.3, -0.25) is 14.6 Å². The molecule has 1 amide bonds. The van der Waals surface area contributed by atoms with E-state index in [0.29, 0.717) is 25.6 Å². The molecule has 7 heterocycles. The molecular formula is C30H37N7O3. The van der Waals surface area contributed by atoms with Crippen LogP contribution < -0.4 is 20.3 Å². The van der Waals surface area contributed by atoms with Gasteiger partial charge >= 0.3 is 0 Å². The van der Waals surface area contributed by atoms with Gasteiger partial charge in [-0.05, 0) is 60.5 Å². The number of hydrogen-bond acceptors (Lipinski definition) is 9. The minimum atomic E-state index is 0.0763. The lowest BCUT2D eigenvalue weighted by Gasteiger charge is -2.36. The van der Waals surface area contributed by atoms with E-state index < -0.39 is 0 Å². The number of hydrogen-bond donors (Lipinski definition) is 2. The van der Waals surface area contributed by atoms with Crippen molar-refractivity contribution in [3.63, 3.8) is 0 Å². The summed E-state index contributed by atoms with van der Waals surface area (Å²) in [5.74, 6) is 1.44. The highest BCUT2D eigenvalue weighted by atomic mass is 16.5. The molecule has 2 N–H and O–H groups in total. The van der Waals surface area contributed by atoms with Crippen LogP contribution in [0.4, 0.5) is 17.3 Å². The Hall–Kier alpha value is -3.73. The average molecular weight is 544 g/mol. The van der Waals surface area contributed by atoms with Crippen LogP contribution in [0.1, 0.15) is 12.0 Å². The number of anilines is 3. The van der Waals surface area contributed by atoms with Crippen molar-refractivity contribution < 1.29 is 14.3 Å². The number of carbonyl (C=O) groups excluding carboxylic acids is 1. The number of nitrogens with zero attached hydrogens (tertiary/aromatic N) is 5. The Morgan fingerprint density at radius 1 is 0.825 bits per heavy atom. The minimum absolute atomic E-state index is 0.0763. The van der Waals surface area contributed by atoms with Crippen LogP contribution in [0, 0.1) is 0 Å². The van der Waals surface area contributed by atoms with Gasteiger partial charge in [0.25, 0.3) is 0 Å². The zero-order valence-electron chi connectivity index (χ0n) is 22.8. The maximum Gasteiger partial charge on any atom is 0.234 e. The van der Waals surface area contributed by atoms with Crippen molar-refractivity contribution in [2.45, 2.75) is 13.0 Å². The lowest BCUT2D eigenvalue weighted by Crippen LogP contribution is -2.49. The zero-order chi connectivity index (χ0) is 27.1. The van der Waals surface area contributed by atoms with Gasteiger partial charge in [-0.1, -0.05) is 0 Å². The van der Waals surface area contributed by atoms with Crippen LogP contribution >= 0.6 is 0 Å². The smallest absolute Gasteiger partial charge is 0.234 e. The Balaban J connectivity index is 1.27. The fourth-order valence-corrected chi connectivity index (χ4v) is 5.43. The molecule has 10 heteroatoms. The number of ether oxygens (including phenoxy) is 2. The van der Waals surface area contributed by atoms with Gasteiger partial charge in [0.15, 0.2) is 0 Å². The van der Waals surface area contributed by atoms with E-state index in [1.165, 1.54) is 11.3 Å². The Kier molecular flexibility index (Phi) is 8.36. The number of amides is 1. The zero-order valence-corrected chi connectivity index (χ0v) is 22.8. The summed E-state index contributed by atoms with van der Waals surface area (Å²) in [5, 5.41) is 6.48. The first kappa shape index (κ1) is 26.5. The lowest BCUT2D eigenvalue weighted by atomic mass is 10.1. The predicted octanol–water partition coefficient (Wildman–Crippen LogP) is 2.74. The van der Waals surface area contributed by atoms with Crippen LogP contribution in [0.25, 0.3) is 11.3 Å². The van der Waals surface area contributed by atoms with E-state index in [1.807, 2.05) is 30.3 Å². The molecule has 40 heavy (non-hydrogen) atoms. The fraction of sp³-hybridized carbons (Fsp3) is 0.433. The molecule has 0 spiro atoms. The van der Waals surface area contributed by atoms with E-state index in [4.69, 9.17) is 14.5 Å². The summed E-state index contributed by atoms with van der Waals surface area (Å²) >= 11 is 0. The summed E-state index contributed by atoms with van der Waals surface area (Å²) in [6.45, 7) is 9.28. The third-order valence-electron chi connectivity index (χ3n) is 7.63. The van der Waals surface area contributed by atoms with Gasteiger partial charge in [-0.2, -0.15) is 0 Å². The molecule has 8 bridgehead atoms. The molecule has 9 rings (SSSR count). The maximum atomic E-state index is 12.5. The summed E-state index contributed by atoms with van der Waals surface area (Å²) < 4.78 is 11.5. The molecule has 0 radical (unpaired) electrons. The number of morpholine rings is 1. The number of aromatic nitrogens is 2. The standard InChI is InChI=1S/C30H37N7O3/c38-29-22-36-13-11-35(12-14-36)21-24-20-25(4-7-28(24)37-15-18-39-19-16-37)33-30-32-10-8-27(34-30)23-2-5-26(6-3-23)40-17-1-9-31-29/h2-8,10,20H,1,9,11-19,21-22H2,(H,31,38)(H,32,33,34). The number of carbonyl (C=O) groups is 1. The van der Waals surface area contributed by atoms with Gasteiger partial charge in [0.2, 0.25) is 11.9 Å². The van der Waals surface area contributed by atoms with Gasteiger partial charge < -0.3 is 25.0 Å². The average Bonchev–Trinajstić information content (AvgIpc) is 2.99.